The molecule has 2 aromatic carbocycles. The van der Waals surface area contributed by atoms with Crippen LogP contribution in [0.3, 0.4) is 0 Å². The van der Waals surface area contributed by atoms with Gasteiger partial charge in [-0.25, -0.2) is 0 Å². The third-order valence-electron chi connectivity index (χ3n) is 3.73. The summed E-state index contributed by atoms with van der Waals surface area (Å²) in [6, 6.07) is 14.7. The molecule has 0 atom stereocenters. The Morgan fingerprint density at radius 3 is 2.50 bits per heavy atom. The Hall–Kier alpha value is -2.62. The maximum atomic E-state index is 12.5. The molecule has 2 N–H and O–H groups in total. The van der Waals surface area contributed by atoms with Crippen molar-refractivity contribution >= 4 is 23.2 Å². The number of anilines is 2. The highest BCUT2D eigenvalue weighted by Crippen LogP contribution is 2.18. The fourth-order valence-corrected chi connectivity index (χ4v) is 2.46. The Bertz CT molecular complexity index is 710. The van der Waals surface area contributed by atoms with E-state index in [1.165, 1.54) is 0 Å². The molecule has 2 rings (SSSR count). The zero-order chi connectivity index (χ0) is 17.4. The monoisotopic (exact) mass is 324 g/mol. The summed E-state index contributed by atoms with van der Waals surface area (Å²) in [5, 5.41) is 5.72. The first-order valence-corrected chi connectivity index (χ1v) is 8.37. The first-order valence-electron chi connectivity index (χ1n) is 8.37. The lowest BCUT2D eigenvalue weighted by atomic mass is 10.1. The largest absolute Gasteiger partial charge is 0.325 e. The lowest BCUT2D eigenvalue weighted by Crippen LogP contribution is -2.18. The van der Waals surface area contributed by atoms with E-state index >= 15 is 0 Å². The Morgan fingerprint density at radius 2 is 1.75 bits per heavy atom. The van der Waals surface area contributed by atoms with Crippen molar-refractivity contribution in [3.63, 3.8) is 0 Å². The smallest absolute Gasteiger partial charge is 0.257 e. The number of aryl methyl sites for hydroxylation is 1. The summed E-state index contributed by atoms with van der Waals surface area (Å²) in [5.41, 5.74) is 2.82. The second-order valence-electron chi connectivity index (χ2n) is 5.87. The highest BCUT2D eigenvalue weighted by atomic mass is 16.2. The van der Waals surface area contributed by atoms with Crippen molar-refractivity contribution in [2.24, 2.45) is 0 Å². The van der Waals surface area contributed by atoms with Crippen molar-refractivity contribution in [2.75, 3.05) is 10.6 Å². The zero-order valence-electron chi connectivity index (χ0n) is 14.3. The number of amides is 2. The van der Waals surface area contributed by atoms with Gasteiger partial charge in [0.15, 0.2) is 0 Å². The third-order valence-corrected chi connectivity index (χ3v) is 3.73. The lowest BCUT2D eigenvalue weighted by Gasteiger charge is -2.12. The first kappa shape index (κ1) is 17.7. The Labute approximate surface area is 143 Å². The van der Waals surface area contributed by atoms with Gasteiger partial charge in [-0.3, -0.25) is 9.59 Å². The quantitative estimate of drug-likeness (QED) is 0.721. The second-order valence-corrected chi connectivity index (χ2v) is 5.87. The van der Waals surface area contributed by atoms with Crippen molar-refractivity contribution in [3.8, 4) is 0 Å². The molecule has 4 heteroatoms. The minimum Gasteiger partial charge on any atom is -0.325 e. The van der Waals surface area contributed by atoms with Crippen LogP contribution in [0.15, 0.2) is 48.5 Å². The van der Waals surface area contributed by atoms with E-state index in [4.69, 9.17) is 0 Å². The van der Waals surface area contributed by atoms with Crippen molar-refractivity contribution in [2.45, 2.75) is 39.5 Å². The number of para-hydroxylation sites is 1. The third kappa shape index (κ3) is 5.23. The van der Waals surface area contributed by atoms with Crippen LogP contribution in [0.5, 0.6) is 0 Å². The van der Waals surface area contributed by atoms with Crippen LogP contribution in [-0.2, 0) is 4.79 Å². The number of rotatable bonds is 7. The summed E-state index contributed by atoms with van der Waals surface area (Å²) in [4.78, 5) is 24.5. The Balaban J connectivity index is 2.07. The topological polar surface area (TPSA) is 58.2 Å². The average molecular weight is 324 g/mol. The number of carbonyl (C=O) groups excluding carboxylic acids is 2. The first-order chi connectivity index (χ1) is 11.6. The fourth-order valence-electron chi connectivity index (χ4n) is 2.46. The van der Waals surface area contributed by atoms with Crippen LogP contribution in [0.25, 0.3) is 0 Å². The van der Waals surface area contributed by atoms with Gasteiger partial charge >= 0.3 is 0 Å². The van der Waals surface area contributed by atoms with E-state index < -0.39 is 0 Å². The van der Waals surface area contributed by atoms with Crippen molar-refractivity contribution in [1.82, 2.24) is 0 Å². The summed E-state index contributed by atoms with van der Waals surface area (Å²) in [5.74, 6) is -0.288. The average Bonchev–Trinajstić information content (AvgIpc) is 2.55. The van der Waals surface area contributed by atoms with Crippen LogP contribution in [-0.4, -0.2) is 11.8 Å². The van der Waals surface area contributed by atoms with Gasteiger partial charge in [0.1, 0.15) is 0 Å². The summed E-state index contributed by atoms with van der Waals surface area (Å²) in [6.45, 7) is 4.07. The molecule has 24 heavy (non-hydrogen) atoms. The molecule has 0 spiro atoms. The molecule has 0 bridgehead atoms. The van der Waals surface area contributed by atoms with Gasteiger partial charge in [0, 0.05) is 12.1 Å². The van der Waals surface area contributed by atoms with Crippen LogP contribution in [0.4, 0.5) is 11.4 Å². The van der Waals surface area contributed by atoms with Gasteiger partial charge in [0.05, 0.1) is 11.3 Å². The minimum absolute atomic E-state index is 0.0562. The minimum atomic E-state index is -0.231. The van der Waals surface area contributed by atoms with Crippen molar-refractivity contribution in [3.05, 3.63) is 59.7 Å². The number of unbranched alkanes of at least 4 members (excludes halogenated alkanes) is 2. The standard InChI is InChI=1S/C20H24N2O2/c1-3-4-5-13-19(23)22-18-12-7-6-11-17(18)20(24)21-16-10-8-9-15(2)14-16/h6-12,14H,3-5,13H2,1-2H3,(H,21,24)(H,22,23). The molecule has 2 aromatic rings. The van der Waals surface area contributed by atoms with E-state index in [0.29, 0.717) is 17.7 Å². The molecule has 0 aliphatic carbocycles. The van der Waals surface area contributed by atoms with Gasteiger partial charge < -0.3 is 10.6 Å². The predicted molar refractivity (Wildman–Crippen MR) is 98.3 cm³/mol. The number of carbonyl (C=O) groups is 2. The Morgan fingerprint density at radius 1 is 0.958 bits per heavy atom. The fraction of sp³-hybridized carbons (Fsp3) is 0.300. The number of nitrogens with one attached hydrogen (secondary N) is 2. The van der Waals surface area contributed by atoms with E-state index in [0.717, 1.165) is 30.5 Å². The van der Waals surface area contributed by atoms with E-state index in [9.17, 15) is 9.59 Å². The van der Waals surface area contributed by atoms with Crippen LogP contribution in [0.2, 0.25) is 0 Å². The number of hydrogen-bond acceptors (Lipinski definition) is 2. The normalized spacial score (nSPS) is 10.2. The molecule has 0 aliphatic heterocycles. The SMILES string of the molecule is CCCCCC(=O)Nc1ccccc1C(=O)Nc1cccc(C)c1. The van der Waals surface area contributed by atoms with E-state index in [1.807, 2.05) is 37.3 Å². The zero-order valence-corrected chi connectivity index (χ0v) is 14.3. The molecule has 0 aromatic heterocycles. The molecule has 4 nitrogen and oxygen atoms in total. The lowest BCUT2D eigenvalue weighted by molar-refractivity contribution is -0.116. The molecule has 2 amide bonds. The van der Waals surface area contributed by atoms with Gasteiger partial charge in [-0.15, -0.1) is 0 Å². The molecule has 126 valence electrons. The molecule has 0 saturated carbocycles. The van der Waals surface area contributed by atoms with Gasteiger partial charge in [-0.05, 0) is 43.2 Å². The molecule has 0 heterocycles. The number of benzene rings is 2. The predicted octanol–water partition coefficient (Wildman–Crippen LogP) is 4.77. The van der Waals surface area contributed by atoms with Gasteiger partial charge in [0.25, 0.3) is 5.91 Å². The van der Waals surface area contributed by atoms with E-state index in [1.54, 1.807) is 18.2 Å². The van der Waals surface area contributed by atoms with E-state index in [-0.39, 0.29) is 11.8 Å². The Kier molecular flexibility index (Phi) is 6.55. The molecule has 0 saturated heterocycles. The highest BCUT2D eigenvalue weighted by Gasteiger charge is 2.13. The molecular formula is C20H24N2O2. The van der Waals surface area contributed by atoms with Crippen LogP contribution < -0.4 is 10.6 Å². The molecule has 0 aliphatic rings. The van der Waals surface area contributed by atoms with Crippen LogP contribution >= 0.6 is 0 Å². The highest BCUT2D eigenvalue weighted by molar-refractivity contribution is 6.10. The molecular weight excluding hydrogens is 300 g/mol. The van der Waals surface area contributed by atoms with Gasteiger partial charge in [-0.2, -0.15) is 0 Å². The van der Waals surface area contributed by atoms with E-state index in [2.05, 4.69) is 17.6 Å². The molecule has 0 radical (unpaired) electrons. The van der Waals surface area contributed by atoms with Crippen molar-refractivity contribution < 1.29 is 9.59 Å². The summed E-state index contributed by atoms with van der Waals surface area (Å²) >= 11 is 0. The summed E-state index contributed by atoms with van der Waals surface area (Å²) in [7, 11) is 0. The second kappa shape index (κ2) is 8.87. The van der Waals surface area contributed by atoms with Crippen molar-refractivity contribution in [1.29, 1.82) is 0 Å². The van der Waals surface area contributed by atoms with Gasteiger partial charge in [0.2, 0.25) is 5.91 Å². The van der Waals surface area contributed by atoms with Gasteiger partial charge in [-0.1, -0.05) is 44.0 Å². The van der Waals surface area contributed by atoms with Crippen LogP contribution in [0, 0.1) is 6.92 Å². The summed E-state index contributed by atoms with van der Waals surface area (Å²) in [6.07, 6.45) is 3.44. The number of hydrogen-bond donors (Lipinski definition) is 2. The molecule has 0 fully saturated rings. The van der Waals surface area contributed by atoms with Crippen LogP contribution in [0.1, 0.15) is 48.5 Å². The maximum Gasteiger partial charge on any atom is 0.257 e. The summed E-state index contributed by atoms with van der Waals surface area (Å²) < 4.78 is 0. The maximum absolute atomic E-state index is 12.5. The molecule has 0 unspecified atom stereocenters.